The zero-order valence-corrected chi connectivity index (χ0v) is 16.7. The number of aromatic nitrogens is 4. The van der Waals surface area contributed by atoms with Crippen molar-refractivity contribution >= 4 is 52.0 Å². The highest BCUT2D eigenvalue weighted by Gasteiger charge is 2.11. The van der Waals surface area contributed by atoms with E-state index < -0.39 is 0 Å². The molecule has 0 saturated heterocycles. The fourth-order valence-electron chi connectivity index (χ4n) is 2.63. The highest BCUT2D eigenvalue weighted by molar-refractivity contribution is 7.99. The van der Waals surface area contributed by atoms with E-state index in [-0.39, 0.29) is 11.4 Å². The number of hydrogen-bond donors (Lipinski definition) is 3. The number of H-pyrrole nitrogens is 1. The van der Waals surface area contributed by atoms with E-state index in [0.29, 0.717) is 39.3 Å². The Kier molecular flexibility index (Phi) is 6.41. The van der Waals surface area contributed by atoms with Gasteiger partial charge in [0.15, 0.2) is 16.3 Å². The van der Waals surface area contributed by atoms with Crippen LogP contribution in [-0.2, 0) is 11.3 Å². The van der Waals surface area contributed by atoms with Crippen LogP contribution in [0.3, 0.4) is 0 Å². The van der Waals surface area contributed by atoms with Crippen LogP contribution in [0.2, 0.25) is 10.0 Å². The Balaban J connectivity index is 1.78. The molecule has 1 aromatic carbocycles. The van der Waals surface area contributed by atoms with Gasteiger partial charge in [0.2, 0.25) is 5.91 Å². The van der Waals surface area contributed by atoms with Gasteiger partial charge in [-0.1, -0.05) is 41.4 Å². The van der Waals surface area contributed by atoms with Gasteiger partial charge in [-0.2, -0.15) is 0 Å². The molecule has 0 saturated carbocycles. The van der Waals surface area contributed by atoms with E-state index >= 15 is 0 Å². The van der Waals surface area contributed by atoms with E-state index in [2.05, 4.69) is 15.0 Å². The lowest BCUT2D eigenvalue weighted by atomic mass is 10.2. The van der Waals surface area contributed by atoms with Crippen molar-refractivity contribution < 1.29 is 4.79 Å². The molecule has 1 amide bonds. The Morgan fingerprint density at radius 1 is 1.22 bits per heavy atom. The molecule has 0 aliphatic heterocycles. The number of fused-ring (bicyclic) bond motifs is 1. The summed E-state index contributed by atoms with van der Waals surface area (Å²) < 4.78 is 1.91. The fraction of sp³-hybridized carbons (Fsp3) is 0.294. The number of nitrogens with zero attached hydrogens (tertiary/aromatic N) is 3. The number of rotatable bonds is 8. The van der Waals surface area contributed by atoms with Gasteiger partial charge in [0, 0.05) is 27.9 Å². The number of hydrogen-bond acceptors (Lipinski definition) is 5. The highest BCUT2D eigenvalue weighted by atomic mass is 35.5. The molecule has 0 bridgehead atoms. The molecule has 2 heterocycles. The van der Waals surface area contributed by atoms with Crippen LogP contribution in [-0.4, -0.2) is 25.4 Å². The van der Waals surface area contributed by atoms with Gasteiger partial charge in [0.1, 0.15) is 5.52 Å². The second-order valence-corrected chi connectivity index (χ2v) is 7.95. The van der Waals surface area contributed by atoms with Crippen LogP contribution in [0, 0.1) is 5.41 Å². The summed E-state index contributed by atoms with van der Waals surface area (Å²) in [7, 11) is 0. The maximum absolute atomic E-state index is 10.8. The van der Waals surface area contributed by atoms with Crippen LogP contribution in [0.4, 0.5) is 0 Å². The number of imidazole rings is 1. The maximum Gasteiger partial charge on any atom is 0.217 e. The summed E-state index contributed by atoms with van der Waals surface area (Å²) in [6, 6.07) is 5.28. The third-order valence-corrected chi connectivity index (χ3v) is 5.17. The first-order valence-electron chi connectivity index (χ1n) is 8.34. The molecule has 0 atom stereocenters. The second-order valence-electron chi connectivity index (χ2n) is 6.01. The number of carbonyl (C=O) groups is 1. The van der Waals surface area contributed by atoms with Crippen LogP contribution < -0.4 is 11.2 Å². The summed E-state index contributed by atoms with van der Waals surface area (Å²) in [5, 5.41) is 9.75. The molecule has 142 valence electrons. The molecule has 0 fully saturated rings. The second kappa shape index (κ2) is 8.77. The lowest BCUT2D eigenvalue weighted by Gasteiger charge is -2.06. The van der Waals surface area contributed by atoms with Crippen molar-refractivity contribution in [1.29, 1.82) is 5.41 Å². The van der Waals surface area contributed by atoms with E-state index in [4.69, 9.17) is 34.3 Å². The first-order valence-corrected chi connectivity index (χ1v) is 9.91. The quantitative estimate of drug-likeness (QED) is 0.477. The Labute approximate surface area is 169 Å². The minimum Gasteiger partial charge on any atom is -0.370 e. The largest absolute Gasteiger partial charge is 0.370 e. The first kappa shape index (κ1) is 19.7. The third kappa shape index (κ3) is 5.24. The lowest BCUT2D eigenvalue weighted by molar-refractivity contribution is -0.118. The van der Waals surface area contributed by atoms with Crippen LogP contribution in [0.15, 0.2) is 34.6 Å². The normalized spacial score (nSPS) is 11.2. The van der Waals surface area contributed by atoms with E-state index in [1.807, 2.05) is 4.57 Å². The number of primary amides is 1. The van der Waals surface area contributed by atoms with Gasteiger partial charge >= 0.3 is 0 Å². The maximum atomic E-state index is 10.8. The SMILES string of the molecule is N=c1ncn(CCCCCC(N)=O)c2nc(Sc3cc(Cl)cc(Cl)c3)[nH]c12. The molecule has 0 radical (unpaired) electrons. The number of amides is 1. The fourth-order valence-corrected chi connectivity index (χ4v) is 4.17. The summed E-state index contributed by atoms with van der Waals surface area (Å²) >= 11 is 13.5. The summed E-state index contributed by atoms with van der Waals surface area (Å²) in [5.41, 5.74) is 6.53. The van der Waals surface area contributed by atoms with Gasteiger partial charge in [-0.3, -0.25) is 10.2 Å². The molecule has 0 aliphatic carbocycles. The predicted octanol–water partition coefficient (Wildman–Crippen LogP) is 3.74. The number of aromatic amines is 1. The van der Waals surface area contributed by atoms with Gasteiger partial charge in [0.05, 0.1) is 6.33 Å². The van der Waals surface area contributed by atoms with Crippen LogP contribution in [0.5, 0.6) is 0 Å². The van der Waals surface area contributed by atoms with Gasteiger partial charge < -0.3 is 15.3 Å². The molecular formula is C17H18Cl2N6OS. The molecule has 3 rings (SSSR count). The molecule has 4 N–H and O–H groups in total. The van der Waals surface area contributed by atoms with Crippen molar-refractivity contribution in [3.63, 3.8) is 0 Å². The van der Waals surface area contributed by atoms with E-state index in [9.17, 15) is 4.79 Å². The Morgan fingerprint density at radius 2 is 1.96 bits per heavy atom. The van der Waals surface area contributed by atoms with Crippen molar-refractivity contribution in [3.05, 3.63) is 40.1 Å². The standard InChI is InChI=1S/C17H18Cl2N6OS/c18-10-6-11(19)8-12(7-10)27-17-23-14-15(21)22-9-25(16(14)24-17)5-3-1-2-4-13(20)26/h6-9,21H,1-5H2,(H2,20,26)(H,23,24). The van der Waals surface area contributed by atoms with Crippen LogP contribution >= 0.6 is 35.0 Å². The average molecular weight is 425 g/mol. The summed E-state index contributed by atoms with van der Waals surface area (Å²) in [4.78, 5) is 23.5. The van der Waals surface area contributed by atoms with Crippen molar-refractivity contribution in [2.75, 3.05) is 0 Å². The molecule has 27 heavy (non-hydrogen) atoms. The molecule has 10 heteroatoms. The Bertz CT molecular complexity index is 1010. The lowest BCUT2D eigenvalue weighted by Crippen LogP contribution is -2.13. The minimum absolute atomic E-state index is 0.137. The monoisotopic (exact) mass is 424 g/mol. The number of nitrogens with one attached hydrogen (secondary N) is 2. The van der Waals surface area contributed by atoms with E-state index in [1.54, 1.807) is 24.5 Å². The minimum atomic E-state index is -0.277. The van der Waals surface area contributed by atoms with E-state index in [1.165, 1.54) is 11.8 Å². The van der Waals surface area contributed by atoms with Crippen LogP contribution in [0.25, 0.3) is 11.2 Å². The predicted molar refractivity (Wildman–Crippen MR) is 106 cm³/mol. The van der Waals surface area contributed by atoms with Crippen molar-refractivity contribution in [1.82, 2.24) is 19.5 Å². The molecular weight excluding hydrogens is 407 g/mol. The van der Waals surface area contributed by atoms with Gasteiger partial charge in [-0.05, 0) is 31.0 Å². The number of aryl methyl sites for hydroxylation is 1. The molecule has 3 aromatic rings. The summed E-state index contributed by atoms with van der Waals surface area (Å²) in [5.74, 6) is -0.277. The van der Waals surface area contributed by atoms with Gasteiger partial charge in [-0.25, -0.2) is 9.97 Å². The zero-order valence-electron chi connectivity index (χ0n) is 14.3. The molecule has 0 aliphatic rings. The number of carbonyl (C=O) groups excluding carboxylic acids is 1. The Hall–Kier alpha value is -2.03. The molecule has 0 unspecified atom stereocenters. The number of unbranched alkanes of at least 4 members (excludes halogenated alkanes) is 2. The van der Waals surface area contributed by atoms with Crippen LogP contribution in [0.1, 0.15) is 25.7 Å². The topological polar surface area (TPSA) is 113 Å². The Morgan fingerprint density at radius 3 is 2.67 bits per heavy atom. The van der Waals surface area contributed by atoms with Gasteiger partial charge in [0.25, 0.3) is 0 Å². The number of benzene rings is 1. The summed E-state index contributed by atoms with van der Waals surface area (Å²) in [6.45, 7) is 0.695. The molecule has 2 aromatic heterocycles. The van der Waals surface area contributed by atoms with Gasteiger partial charge in [-0.15, -0.1) is 0 Å². The number of nitrogens with two attached hydrogens (primary N) is 1. The van der Waals surface area contributed by atoms with E-state index in [0.717, 1.165) is 24.2 Å². The molecule has 0 spiro atoms. The van der Waals surface area contributed by atoms with Crippen molar-refractivity contribution in [3.8, 4) is 0 Å². The van der Waals surface area contributed by atoms with Crippen molar-refractivity contribution in [2.24, 2.45) is 5.73 Å². The molecule has 7 nitrogen and oxygen atoms in total. The van der Waals surface area contributed by atoms with Crippen molar-refractivity contribution in [2.45, 2.75) is 42.3 Å². The third-order valence-electron chi connectivity index (χ3n) is 3.87. The summed E-state index contributed by atoms with van der Waals surface area (Å²) in [6.07, 6.45) is 4.53. The average Bonchev–Trinajstić information content (AvgIpc) is 3.00. The first-order chi connectivity index (χ1) is 12.9. The highest BCUT2D eigenvalue weighted by Crippen LogP contribution is 2.31. The smallest absolute Gasteiger partial charge is 0.217 e. The zero-order chi connectivity index (χ0) is 19.4. The number of halogens is 2.